The molecular formula is C25H25N3O2. The summed E-state index contributed by atoms with van der Waals surface area (Å²) >= 11 is 0. The van der Waals surface area contributed by atoms with Gasteiger partial charge in [0.1, 0.15) is 5.75 Å². The second kappa shape index (κ2) is 8.41. The number of amides is 1. The molecule has 0 saturated heterocycles. The Morgan fingerprint density at radius 3 is 2.67 bits per heavy atom. The zero-order valence-corrected chi connectivity index (χ0v) is 17.5. The number of carbonyl (C=O) groups is 1. The second-order valence-electron chi connectivity index (χ2n) is 7.39. The summed E-state index contributed by atoms with van der Waals surface area (Å²) in [6.07, 6.45) is 1.66. The van der Waals surface area contributed by atoms with E-state index in [1.165, 1.54) is 21.8 Å². The van der Waals surface area contributed by atoms with Gasteiger partial charge in [-0.3, -0.25) is 4.79 Å². The highest BCUT2D eigenvalue weighted by atomic mass is 16.5. The molecule has 4 rings (SSSR count). The van der Waals surface area contributed by atoms with Crippen LogP contribution in [0, 0.1) is 13.8 Å². The lowest BCUT2D eigenvalue weighted by Crippen LogP contribution is -2.24. The molecule has 1 amide bonds. The maximum Gasteiger partial charge on any atom is 0.277 e. The first-order valence-electron chi connectivity index (χ1n) is 10.1. The van der Waals surface area contributed by atoms with Gasteiger partial charge in [-0.2, -0.15) is 5.10 Å². The van der Waals surface area contributed by atoms with E-state index in [0.29, 0.717) is 5.75 Å². The highest BCUT2D eigenvalue weighted by Crippen LogP contribution is 2.29. The number of nitrogens with zero attached hydrogens (tertiary/aromatic N) is 2. The average molecular weight is 399 g/mol. The highest BCUT2D eigenvalue weighted by Gasteiger charge is 2.09. The zero-order chi connectivity index (χ0) is 21.1. The van der Waals surface area contributed by atoms with E-state index in [-0.39, 0.29) is 12.5 Å². The average Bonchev–Trinajstić information content (AvgIpc) is 3.07. The largest absolute Gasteiger partial charge is 0.483 e. The molecule has 1 N–H and O–H groups in total. The molecule has 0 saturated carbocycles. The number of benzene rings is 3. The summed E-state index contributed by atoms with van der Waals surface area (Å²) in [6.45, 7) is 6.93. The van der Waals surface area contributed by atoms with Crippen molar-refractivity contribution >= 4 is 33.9 Å². The van der Waals surface area contributed by atoms with E-state index < -0.39 is 0 Å². The molecular weight excluding hydrogens is 374 g/mol. The molecule has 0 aliphatic heterocycles. The summed E-state index contributed by atoms with van der Waals surface area (Å²) in [7, 11) is 0. The first kappa shape index (κ1) is 19.7. The SMILES string of the molecule is CCn1c2ccccc2c2cc(C=NNC(=O)COc3cc(C)ccc3C)ccc21. The van der Waals surface area contributed by atoms with Crippen LogP contribution in [0.2, 0.25) is 0 Å². The Labute approximate surface area is 176 Å². The molecule has 152 valence electrons. The standard InChI is InChI=1S/C25H25N3O2/c1-4-28-22-8-6-5-7-20(22)21-14-19(11-12-23(21)28)15-26-27-25(29)16-30-24-13-17(2)9-10-18(24)3/h5-15H,4,16H2,1-3H3,(H,27,29). The Morgan fingerprint density at radius 1 is 1.03 bits per heavy atom. The molecule has 0 fully saturated rings. The van der Waals surface area contributed by atoms with Crippen molar-refractivity contribution in [3.8, 4) is 5.75 Å². The summed E-state index contributed by atoms with van der Waals surface area (Å²) < 4.78 is 7.92. The van der Waals surface area contributed by atoms with Crippen molar-refractivity contribution in [2.75, 3.05) is 6.61 Å². The molecule has 5 nitrogen and oxygen atoms in total. The van der Waals surface area contributed by atoms with Gasteiger partial charge in [0.2, 0.25) is 0 Å². The fourth-order valence-corrected chi connectivity index (χ4v) is 3.71. The minimum Gasteiger partial charge on any atom is -0.483 e. The van der Waals surface area contributed by atoms with Crippen LogP contribution in [0.5, 0.6) is 5.75 Å². The highest BCUT2D eigenvalue weighted by molar-refractivity contribution is 6.09. The number of ether oxygens (including phenoxy) is 1. The lowest BCUT2D eigenvalue weighted by molar-refractivity contribution is -0.123. The number of rotatable bonds is 6. The van der Waals surface area contributed by atoms with Crippen LogP contribution in [0.3, 0.4) is 0 Å². The van der Waals surface area contributed by atoms with E-state index in [1.807, 2.05) is 38.1 Å². The van der Waals surface area contributed by atoms with Crippen molar-refractivity contribution in [1.82, 2.24) is 9.99 Å². The van der Waals surface area contributed by atoms with Crippen molar-refractivity contribution < 1.29 is 9.53 Å². The third-order valence-corrected chi connectivity index (χ3v) is 5.22. The molecule has 0 aliphatic rings. The minimum absolute atomic E-state index is 0.0787. The molecule has 0 spiro atoms. The van der Waals surface area contributed by atoms with Gasteiger partial charge < -0.3 is 9.30 Å². The van der Waals surface area contributed by atoms with E-state index in [9.17, 15) is 4.79 Å². The predicted octanol–water partition coefficient (Wildman–Crippen LogP) is 4.96. The van der Waals surface area contributed by atoms with Crippen molar-refractivity contribution in [2.24, 2.45) is 5.10 Å². The molecule has 5 heteroatoms. The fraction of sp³-hybridized carbons (Fsp3) is 0.200. The van der Waals surface area contributed by atoms with Gasteiger partial charge in [-0.1, -0.05) is 36.4 Å². The molecule has 1 heterocycles. The minimum atomic E-state index is -0.296. The number of hydrogen-bond donors (Lipinski definition) is 1. The van der Waals surface area contributed by atoms with Crippen LogP contribution in [-0.4, -0.2) is 23.3 Å². The molecule has 30 heavy (non-hydrogen) atoms. The molecule has 0 bridgehead atoms. The van der Waals surface area contributed by atoms with E-state index in [0.717, 1.165) is 23.2 Å². The third-order valence-electron chi connectivity index (χ3n) is 5.22. The molecule has 0 radical (unpaired) electrons. The summed E-state index contributed by atoms with van der Waals surface area (Å²) in [5.41, 5.74) is 7.97. The van der Waals surface area contributed by atoms with Crippen LogP contribution < -0.4 is 10.2 Å². The van der Waals surface area contributed by atoms with Gasteiger partial charge in [0, 0.05) is 28.4 Å². The van der Waals surface area contributed by atoms with Gasteiger partial charge in [0.15, 0.2) is 6.61 Å². The first-order valence-corrected chi connectivity index (χ1v) is 10.1. The fourth-order valence-electron chi connectivity index (χ4n) is 3.71. The van der Waals surface area contributed by atoms with Crippen LogP contribution in [0.1, 0.15) is 23.6 Å². The van der Waals surface area contributed by atoms with Gasteiger partial charge in [-0.15, -0.1) is 0 Å². The summed E-state index contributed by atoms with van der Waals surface area (Å²) in [4.78, 5) is 12.1. The second-order valence-corrected chi connectivity index (χ2v) is 7.39. The van der Waals surface area contributed by atoms with Gasteiger partial charge in [-0.25, -0.2) is 5.43 Å². The number of fused-ring (bicyclic) bond motifs is 3. The normalized spacial score (nSPS) is 11.4. The Balaban J connectivity index is 1.45. The Kier molecular flexibility index (Phi) is 5.53. The lowest BCUT2D eigenvalue weighted by atomic mass is 10.1. The Bertz CT molecular complexity index is 1250. The third kappa shape index (κ3) is 3.92. The zero-order valence-electron chi connectivity index (χ0n) is 17.5. The molecule has 3 aromatic carbocycles. The number of aromatic nitrogens is 1. The summed E-state index contributed by atoms with van der Waals surface area (Å²) in [5.74, 6) is 0.419. The number of carbonyl (C=O) groups excluding carboxylic acids is 1. The predicted molar refractivity (Wildman–Crippen MR) is 122 cm³/mol. The maximum absolute atomic E-state index is 12.1. The number of para-hydroxylation sites is 1. The van der Waals surface area contributed by atoms with Gasteiger partial charge in [0.05, 0.1) is 6.21 Å². The molecule has 1 aromatic heterocycles. The lowest BCUT2D eigenvalue weighted by Gasteiger charge is -2.08. The van der Waals surface area contributed by atoms with Gasteiger partial charge in [-0.05, 0) is 61.7 Å². The molecule has 0 atom stereocenters. The van der Waals surface area contributed by atoms with Crippen molar-refractivity contribution in [1.29, 1.82) is 0 Å². The number of hydrogen-bond acceptors (Lipinski definition) is 3. The maximum atomic E-state index is 12.1. The molecule has 4 aromatic rings. The quantitative estimate of drug-likeness (QED) is 0.368. The van der Waals surface area contributed by atoms with Crippen LogP contribution in [0.15, 0.2) is 65.8 Å². The Hall–Kier alpha value is -3.60. The summed E-state index contributed by atoms with van der Waals surface area (Å²) in [5, 5.41) is 6.50. The van der Waals surface area contributed by atoms with Crippen LogP contribution in [-0.2, 0) is 11.3 Å². The van der Waals surface area contributed by atoms with Crippen LogP contribution in [0.25, 0.3) is 21.8 Å². The van der Waals surface area contributed by atoms with Crippen LogP contribution >= 0.6 is 0 Å². The topological polar surface area (TPSA) is 55.6 Å². The van der Waals surface area contributed by atoms with E-state index >= 15 is 0 Å². The van der Waals surface area contributed by atoms with E-state index in [1.54, 1.807) is 6.21 Å². The number of aryl methyl sites for hydroxylation is 3. The van der Waals surface area contributed by atoms with E-state index in [4.69, 9.17) is 4.74 Å². The van der Waals surface area contributed by atoms with Gasteiger partial charge in [0.25, 0.3) is 5.91 Å². The van der Waals surface area contributed by atoms with Crippen molar-refractivity contribution in [3.63, 3.8) is 0 Å². The molecule has 0 unspecified atom stereocenters. The summed E-state index contributed by atoms with van der Waals surface area (Å²) in [6, 6.07) is 20.5. The molecule has 0 aliphatic carbocycles. The van der Waals surface area contributed by atoms with Crippen molar-refractivity contribution in [2.45, 2.75) is 27.3 Å². The first-order chi connectivity index (χ1) is 14.6. The van der Waals surface area contributed by atoms with E-state index in [2.05, 4.69) is 58.4 Å². The monoisotopic (exact) mass is 399 g/mol. The number of nitrogens with one attached hydrogen (secondary N) is 1. The van der Waals surface area contributed by atoms with Crippen molar-refractivity contribution in [3.05, 3.63) is 77.4 Å². The smallest absolute Gasteiger partial charge is 0.277 e. The Morgan fingerprint density at radius 2 is 1.83 bits per heavy atom. The number of hydrazone groups is 1. The van der Waals surface area contributed by atoms with Crippen LogP contribution in [0.4, 0.5) is 0 Å². The van der Waals surface area contributed by atoms with Gasteiger partial charge >= 0.3 is 0 Å².